The Morgan fingerprint density at radius 1 is 0.309 bits per heavy atom. The van der Waals surface area contributed by atoms with E-state index in [1.165, 1.54) is 186 Å². The zero-order valence-electron chi connectivity index (χ0n) is 63.4. The van der Waals surface area contributed by atoms with E-state index in [9.17, 15) is 19.5 Å². The lowest BCUT2D eigenvalue weighted by molar-refractivity contribution is -0.870. The van der Waals surface area contributed by atoms with Gasteiger partial charge in [-0.2, -0.15) is 0 Å². The summed E-state index contributed by atoms with van der Waals surface area (Å²) in [5, 5.41) is 9.78. The third kappa shape index (κ3) is 78.4. The molecule has 2 atom stereocenters. The molecule has 0 heterocycles. The normalized spacial score (nSPS) is 13.5. The standard InChI is InChI=1S/C88H149NO8/c1-6-8-10-12-14-16-18-20-22-24-26-28-30-32-34-36-38-40-42-43-45-47-49-51-53-55-57-59-61-63-65-67-69-71-73-75-77-79-86(91)97-84(83-96-88(87(92)93)94-81-80-89(3,4)5)82-95-85(90)78-76-74-72-70-68-66-64-62-60-58-56-54-52-50-48-46-44-41-39-37-35-33-31-29-27-25-23-21-19-17-15-13-11-9-7-2/h8-11,14-17,20-23,26-29,32,34,38,40,43,45,49,51,84,88H,6-7,12-13,18-19,24-25,30-31,33,35-37,39,41-42,44,46-48,50,52-83H2,1-5H3/p+1/b10-8-,11-9-,16-14-,17-15-,22-20-,23-21-,28-26-,29-27-,34-32-,40-38-,45-43-,51-49-. The molecule has 0 fully saturated rings. The van der Waals surface area contributed by atoms with E-state index >= 15 is 0 Å². The van der Waals surface area contributed by atoms with Gasteiger partial charge >= 0.3 is 17.9 Å². The smallest absolute Gasteiger partial charge is 0.361 e. The fraction of sp³-hybridized carbons (Fsp3) is 0.693. The van der Waals surface area contributed by atoms with E-state index in [-0.39, 0.29) is 32.2 Å². The molecule has 1 N–H and O–H groups in total. The molecular formula is C88H150NO8+. The number of nitrogens with zero attached hydrogens (tertiary/aromatic N) is 1. The number of carboxylic acid groups (broad SMARTS) is 1. The molecular weight excluding hydrogens is 1200 g/mol. The van der Waals surface area contributed by atoms with Gasteiger partial charge in [-0.05, 0) is 116 Å². The third-order valence-corrected chi connectivity index (χ3v) is 17.1. The quantitative estimate of drug-likeness (QED) is 0.0211. The average Bonchev–Trinajstić information content (AvgIpc) is 3.11. The maximum Gasteiger partial charge on any atom is 0.361 e. The van der Waals surface area contributed by atoms with Crippen LogP contribution in [0.5, 0.6) is 0 Å². The number of carbonyl (C=O) groups is 3. The predicted molar refractivity (Wildman–Crippen MR) is 419 cm³/mol. The number of carboxylic acids is 1. The molecule has 97 heavy (non-hydrogen) atoms. The van der Waals surface area contributed by atoms with Gasteiger partial charge in [0.05, 0.1) is 34.4 Å². The number of quaternary nitrogens is 1. The summed E-state index contributed by atoms with van der Waals surface area (Å²) >= 11 is 0. The Morgan fingerprint density at radius 3 is 0.825 bits per heavy atom. The fourth-order valence-corrected chi connectivity index (χ4v) is 11.1. The second-order valence-corrected chi connectivity index (χ2v) is 27.6. The Morgan fingerprint density at radius 2 is 0.557 bits per heavy atom. The van der Waals surface area contributed by atoms with E-state index in [1.807, 2.05) is 21.1 Å². The molecule has 0 radical (unpaired) electrons. The number of allylic oxidation sites excluding steroid dienone is 24. The highest BCUT2D eigenvalue weighted by molar-refractivity contribution is 5.71. The summed E-state index contributed by atoms with van der Waals surface area (Å²) in [6.45, 7) is 4.68. The second-order valence-electron chi connectivity index (χ2n) is 27.6. The van der Waals surface area contributed by atoms with Gasteiger partial charge in [0.25, 0.3) is 6.29 Å². The molecule has 554 valence electrons. The Labute approximate surface area is 598 Å². The first-order valence-electron chi connectivity index (χ1n) is 40.0. The van der Waals surface area contributed by atoms with Crippen LogP contribution in [0.3, 0.4) is 0 Å². The van der Waals surface area contributed by atoms with E-state index in [0.29, 0.717) is 23.9 Å². The van der Waals surface area contributed by atoms with Crippen molar-refractivity contribution in [3.05, 3.63) is 146 Å². The van der Waals surface area contributed by atoms with Crippen molar-refractivity contribution >= 4 is 17.9 Å². The average molecular weight is 1350 g/mol. The van der Waals surface area contributed by atoms with Crippen LogP contribution in [0.25, 0.3) is 0 Å². The van der Waals surface area contributed by atoms with Crippen LogP contribution in [-0.2, 0) is 33.3 Å². The van der Waals surface area contributed by atoms with E-state index in [4.69, 9.17) is 18.9 Å². The third-order valence-electron chi connectivity index (χ3n) is 17.1. The highest BCUT2D eigenvalue weighted by Crippen LogP contribution is 2.18. The van der Waals surface area contributed by atoms with Gasteiger partial charge in [-0.1, -0.05) is 352 Å². The summed E-state index contributed by atoms with van der Waals surface area (Å²) in [6.07, 6.45) is 110. The number of ether oxygens (including phenoxy) is 4. The Kier molecular flexibility index (Phi) is 73.1. The number of carbonyl (C=O) groups excluding carboxylic acids is 2. The zero-order chi connectivity index (χ0) is 70.4. The van der Waals surface area contributed by atoms with Gasteiger partial charge in [0.1, 0.15) is 13.2 Å². The summed E-state index contributed by atoms with van der Waals surface area (Å²) in [5.41, 5.74) is 0. The van der Waals surface area contributed by atoms with Crippen molar-refractivity contribution in [2.24, 2.45) is 0 Å². The molecule has 0 spiro atoms. The lowest BCUT2D eigenvalue weighted by Crippen LogP contribution is -2.40. The fourth-order valence-electron chi connectivity index (χ4n) is 11.1. The Hall–Kier alpha value is -4.83. The monoisotopic (exact) mass is 1350 g/mol. The number of hydrogen-bond donors (Lipinski definition) is 1. The summed E-state index contributed by atoms with van der Waals surface area (Å²) in [6, 6.07) is 0. The molecule has 9 heteroatoms. The first-order valence-corrected chi connectivity index (χ1v) is 40.0. The van der Waals surface area contributed by atoms with E-state index in [1.54, 1.807) is 0 Å². The van der Waals surface area contributed by atoms with Crippen molar-refractivity contribution < 1.29 is 42.9 Å². The molecule has 0 aromatic rings. The minimum atomic E-state index is -1.52. The number of esters is 2. The van der Waals surface area contributed by atoms with E-state index in [0.717, 1.165) is 116 Å². The molecule has 0 saturated heterocycles. The van der Waals surface area contributed by atoms with Crippen LogP contribution >= 0.6 is 0 Å². The van der Waals surface area contributed by atoms with Crippen LogP contribution in [0.15, 0.2) is 146 Å². The number of hydrogen-bond acceptors (Lipinski definition) is 7. The molecule has 0 aliphatic heterocycles. The minimum Gasteiger partial charge on any atom is -0.477 e. The summed E-state index contributed by atoms with van der Waals surface area (Å²) < 4.78 is 23.0. The molecule has 0 rings (SSSR count). The van der Waals surface area contributed by atoms with Crippen LogP contribution in [-0.4, -0.2) is 87.4 Å². The van der Waals surface area contributed by atoms with Gasteiger partial charge in [-0.15, -0.1) is 0 Å². The van der Waals surface area contributed by atoms with Crippen molar-refractivity contribution in [3.8, 4) is 0 Å². The van der Waals surface area contributed by atoms with Crippen LogP contribution < -0.4 is 0 Å². The number of rotatable bonds is 73. The van der Waals surface area contributed by atoms with Crippen molar-refractivity contribution in [1.29, 1.82) is 0 Å². The van der Waals surface area contributed by atoms with E-state index in [2.05, 4.69) is 160 Å². The van der Waals surface area contributed by atoms with Crippen LogP contribution in [0, 0.1) is 0 Å². The first kappa shape index (κ1) is 92.2. The van der Waals surface area contributed by atoms with Gasteiger partial charge in [-0.3, -0.25) is 9.59 Å². The van der Waals surface area contributed by atoms with Crippen LogP contribution in [0.2, 0.25) is 0 Å². The number of unbranched alkanes of at least 4 members (excludes halogenated alkanes) is 34. The molecule has 0 aromatic heterocycles. The molecule has 9 nitrogen and oxygen atoms in total. The molecule has 2 unspecified atom stereocenters. The minimum absolute atomic E-state index is 0.183. The maximum atomic E-state index is 13.0. The summed E-state index contributed by atoms with van der Waals surface area (Å²) in [7, 11) is 5.98. The number of aliphatic carboxylic acids is 1. The largest absolute Gasteiger partial charge is 0.477 e. The molecule has 0 bridgehead atoms. The van der Waals surface area contributed by atoms with Crippen molar-refractivity contribution in [1.82, 2.24) is 0 Å². The highest BCUT2D eigenvalue weighted by atomic mass is 16.7. The molecule has 0 amide bonds. The SMILES string of the molecule is CC/C=C\C/C=C\C/C=C\C/C=C\C/C=C\C/C=C\C/C=C\C/C=C\CCCCCCCCCCCCCCC(=O)OC(COC(=O)CCCCCCCCCCCCCCCCCCCCCCCC/C=C\C/C=C\C/C=C\C/C=C\CC)COC(OCC[N+](C)(C)C)C(=O)O. The van der Waals surface area contributed by atoms with Crippen LogP contribution in [0.4, 0.5) is 0 Å². The van der Waals surface area contributed by atoms with Gasteiger partial charge in [0.2, 0.25) is 0 Å². The predicted octanol–water partition coefficient (Wildman–Crippen LogP) is 25.8. The Balaban J connectivity index is 4.05. The van der Waals surface area contributed by atoms with Gasteiger partial charge in [-0.25, -0.2) is 4.79 Å². The Bertz CT molecular complexity index is 2110. The van der Waals surface area contributed by atoms with Gasteiger partial charge < -0.3 is 28.5 Å². The van der Waals surface area contributed by atoms with Gasteiger partial charge in [0, 0.05) is 12.8 Å². The molecule has 0 saturated carbocycles. The van der Waals surface area contributed by atoms with Crippen molar-refractivity contribution in [2.45, 2.75) is 347 Å². The van der Waals surface area contributed by atoms with Crippen molar-refractivity contribution in [2.75, 3.05) is 47.5 Å². The molecule has 0 aromatic carbocycles. The van der Waals surface area contributed by atoms with Crippen LogP contribution in [0.1, 0.15) is 335 Å². The zero-order valence-corrected chi connectivity index (χ0v) is 63.4. The first-order chi connectivity index (χ1) is 47.6. The maximum absolute atomic E-state index is 13.0. The lowest BCUT2D eigenvalue weighted by atomic mass is 10.0. The molecule has 0 aliphatic rings. The topological polar surface area (TPSA) is 108 Å². The summed E-state index contributed by atoms with van der Waals surface area (Å²) in [4.78, 5) is 37.8. The number of likely N-dealkylation sites (N-methyl/N-ethyl adjacent to an activating group) is 1. The van der Waals surface area contributed by atoms with E-state index < -0.39 is 24.3 Å². The highest BCUT2D eigenvalue weighted by Gasteiger charge is 2.25. The lowest BCUT2D eigenvalue weighted by Gasteiger charge is -2.25. The van der Waals surface area contributed by atoms with Gasteiger partial charge in [0.15, 0.2) is 6.10 Å². The second kappa shape index (κ2) is 76.9. The van der Waals surface area contributed by atoms with Crippen molar-refractivity contribution in [3.63, 3.8) is 0 Å². The summed E-state index contributed by atoms with van der Waals surface area (Å²) in [5.74, 6) is -2.00. The molecule has 0 aliphatic carbocycles.